The van der Waals surface area contributed by atoms with Gasteiger partial charge in [0.2, 0.25) is 0 Å². The summed E-state index contributed by atoms with van der Waals surface area (Å²) >= 11 is -2.62. The zero-order valence-electron chi connectivity index (χ0n) is 10.0. The normalized spacial score (nSPS) is 14.4. The molecule has 14 heavy (non-hydrogen) atoms. The van der Waals surface area contributed by atoms with E-state index < -0.39 is 19.2 Å². The van der Waals surface area contributed by atoms with E-state index >= 15 is 0 Å². The first-order chi connectivity index (χ1) is 6.54. The molecule has 0 aromatic rings. The molecule has 0 amide bonds. The van der Waals surface area contributed by atoms with Crippen LogP contribution in [-0.4, -0.2) is 38.5 Å². The molecule has 0 rings (SSSR count). The minimum atomic E-state index is -2.62. The van der Waals surface area contributed by atoms with Crippen molar-refractivity contribution in [1.82, 2.24) is 0 Å². The first-order valence-corrected chi connectivity index (χ1v) is 12.8. The van der Waals surface area contributed by atoms with Gasteiger partial charge in [0.1, 0.15) is 0 Å². The molecule has 0 aliphatic carbocycles. The third kappa shape index (κ3) is 7.03. The molecule has 0 aromatic heterocycles. The van der Waals surface area contributed by atoms with Crippen molar-refractivity contribution in [1.29, 1.82) is 0 Å². The topological polar surface area (TPSA) is 44.5 Å². The summed E-state index contributed by atoms with van der Waals surface area (Å²) in [6.45, 7) is 7.70. The summed E-state index contributed by atoms with van der Waals surface area (Å²) in [5.41, 5.74) is 5.71. The van der Waals surface area contributed by atoms with Gasteiger partial charge in [-0.1, -0.05) is 0 Å². The second-order valence-corrected chi connectivity index (χ2v) is 13.4. The van der Waals surface area contributed by atoms with Crippen molar-refractivity contribution < 1.29 is 6.15 Å². The Morgan fingerprint density at radius 3 is 2.07 bits per heavy atom. The summed E-state index contributed by atoms with van der Waals surface area (Å²) in [5.74, 6) is 0. The molecule has 0 aliphatic heterocycles. The van der Waals surface area contributed by atoms with E-state index in [0.29, 0.717) is 6.04 Å². The van der Waals surface area contributed by atoms with Gasteiger partial charge < -0.3 is 0 Å². The summed E-state index contributed by atoms with van der Waals surface area (Å²) in [6, 6.07) is 0.300. The third-order valence-electron chi connectivity index (χ3n) is 2.19. The molecule has 0 aliphatic rings. The number of nitrogens with two attached hydrogens (primary N) is 1. The zero-order valence-corrected chi connectivity index (χ0v) is 12.9. The van der Waals surface area contributed by atoms with Crippen molar-refractivity contribution in [3.05, 3.63) is 0 Å². The molecule has 0 saturated carbocycles. The van der Waals surface area contributed by atoms with Crippen LogP contribution in [0.3, 0.4) is 0 Å². The van der Waals surface area contributed by atoms with E-state index in [4.69, 9.17) is 11.9 Å². The molecular weight excluding hydrogens is 285 g/mol. The fraction of sp³-hybridized carbons (Fsp3) is 1.00. The van der Waals surface area contributed by atoms with Gasteiger partial charge in [0.25, 0.3) is 0 Å². The molecule has 2 N–H and O–H groups in total. The molecule has 0 aromatic carbocycles. The van der Waals surface area contributed by atoms with Gasteiger partial charge in [-0.05, 0) is 0 Å². The van der Waals surface area contributed by atoms with Crippen LogP contribution in [0.5, 0.6) is 0 Å². The fourth-order valence-electron chi connectivity index (χ4n) is 1.54. The van der Waals surface area contributed by atoms with E-state index in [1.807, 2.05) is 20.8 Å². The Bertz CT molecular complexity index is 136. The average molecular weight is 310 g/mol. The van der Waals surface area contributed by atoms with E-state index in [9.17, 15) is 0 Å². The molecule has 0 radical (unpaired) electrons. The predicted octanol–water partition coefficient (Wildman–Crippen LogP) is 2.26. The zero-order chi connectivity index (χ0) is 11.0. The summed E-state index contributed by atoms with van der Waals surface area (Å²) < 4.78 is 12.7. The molecule has 4 heteroatoms. The van der Waals surface area contributed by atoms with Gasteiger partial charge in [0.15, 0.2) is 0 Å². The van der Waals surface area contributed by atoms with Crippen molar-refractivity contribution in [2.75, 3.05) is 13.2 Å². The Kier molecular flexibility index (Phi) is 8.29. The summed E-state index contributed by atoms with van der Waals surface area (Å²) in [7, 11) is 0. The van der Waals surface area contributed by atoms with E-state index in [1.165, 1.54) is 0 Å². The standard InChI is InChI=1S/C5H12N.2C2H5O.CH3.Sn/c1-3-4-5(2)6;2*1-2-3;;/h5H,1,3-4,6H2,2H3;2*2H2,1H3;1H3;/q;2*-1;;+2. The monoisotopic (exact) mass is 311 g/mol. The number of rotatable bonds is 8. The molecule has 0 spiro atoms. The number of hydrogen-bond acceptors (Lipinski definition) is 3. The Labute approximate surface area is 93.3 Å². The summed E-state index contributed by atoms with van der Waals surface area (Å²) in [5, 5.41) is 0. The van der Waals surface area contributed by atoms with E-state index in [-0.39, 0.29) is 0 Å². The van der Waals surface area contributed by atoms with Gasteiger partial charge in [-0.25, -0.2) is 0 Å². The average Bonchev–Trinajstić information content (AvgIpc) is 2.03. The van der Waals surface area contributed by atoms with Crippen LogP contribution in [0.15, 0.2) is 0 Å². The Hall–Kier alpha value is 0.679. The van der Waals surface area contributed by atoms with Crippen LogP contribution in [0, 0.1) is 0 Å². The second kappa shape index (κ2) is 7.90. The number of hydrogen-bond donors (Lipinski definition) is 1. The Morgan fingerprint density at radius 2 is 1.71 bits per heavy atom. The summed E-state index contributed by atoms with van der Waals surface area (Å²) in [4.78, 5) is 2.21. The van der Waals surface area contributed by atoms with Gasteiger partial charge in [0, 0.05) is 0 Å². The third-order valence-corrected chi connectivity index (χ3v) is 10.9. The van der Waals surface area contributed by atoms with E-state index in [2.05, 4.69) is 4.94 Å². The molecule has 86 valence electrons. The first kappa shape index (κ1) is 14.7. The van der Waals surface area contributed by atoms with Gasteiger partial charge in [-0.3, -0.25) is 0 Å². The fourth-order valence-corrected chi connectivity index (χ4v) is 8.50. The van der Waals surface area contributed by atoms with Crippen LogP contribution in [0.4, 0.5) is 0 Å². The first-order valence-electron chi connectivity index (χ1n) is 5.57. The molecule has 1 unspecified atom stereocenters. The van der Waals surface area contributed by atoms with Crippen LogP contribution >= 0.6 is 0 Å². The van der Waals surface area contributed by atoms with Crippen molar-refractivity contribution in [3.8, 4) is 0 Å². The van der Waals surface area contributed by atoms with Crippen LogP contribution in [-0.2, 0) is 6.15 Å². The maximum atomic E-state index is 5.80. The second-order valence-electron chi connectivity index (χ2n) is 3.87. The molecule has 0 saturated heterocycles. The van der Waals surface area contributed by atoms with Crippen LogP contribution in [0.1, 0.15) is 33.6 Å². The van der Waals surface area contributed by atoms with Crippen LogP contribution < -0.4 is 5.73 Å². The Balaban J connectivity index is 3.83. The SMILES string of the molecule is CC[O][Sn]([CH3])([CH2]CCC(C)N)[O]CC. The summed E-state index contributed by atoms with van der Waals surface area (Å²) in [6.07, 6.45) is 2.22. The van der Waals surface area contributed by atoms with Gasteiger partial charge in [-0.2, -0.15) is 0 Å². The molecule has 1 atom stereocenters. The molecule has 0 bridgehead atoms. The molecule has 3 nitrogen and oxygen atoms in total. The van der Waals surface area contributed by atoms with Gasteiger partial charge >= 0.3 is 93.3 Å². The van der Waals surface area contributed by atoms with Gasteiger partial charge in [0.05, 0.1) is 0 Å². The Morgan fingerprint density at radius 1 is 1.21 bits per heavy atom. The maximum absolute atomic E-state index is 5.80. The molecular formula is C10H25NO2Sn. The van der Waals surface area contributed by atoms with Gasteiger partial charge in [-0.15, -0.1) is 0 Å². The van der Waals surface area contributed by atoms with Crippen LogP contribution in [0.2, 0.25) is 9.38 Å². The van der Waals surface area contributed by atoms with E-state index in [1.54, 1.807) is 0 Å². The van der Waals surface area contributed by atoms with E-state index in [0.717, 1.165) is 30.5 Å². The minimum absolute atomic E-state index is 0.300. The van der Waals surface area contributed by atoms with Crippen molar-refractivity contribution in [3.63, 3.8) is 0 Å². The van der Waals surface area contributed by atoms with Crippen LogP contribution in [0.25, 0.3) is 0 Å². The predicted molar refractivity (Wildman–Crippen MR) is 62.6 cm³/mol. The van der Waals surface area contributed by atoms with Crippen molar-refractivity contribution >= 4 is 19.2 Å². The molecule has 0 heterocycles. The van der Waals surface area contributed by atoms with Crippen molar-refractivity contribution in [2.45, 2.75) is 49.0 Å². The van der Waals surface area contributed by atoms with Crippen molar-refractivity contribution in [2.24, 2.45) is 5.73 Å². The quantitative estimate of drug-likeness (QED) is 0.700. The molecule has 0 fully saturated rings.